The van der Waals surface area contributed by atoms with E-state index in [1.54, 1.807) is 18.1 Å². The van der Waals surface area contributed by atoms with E-state index in [-0.39, 0.29) is 18.2 Å². The second-order valence-corrected chi connectivity index (χ2v) is 7.87. The summed E-state index contributed by atoms with van der Waals surface area (Å²) in [5.41, 5.74) is 0.398. The van der Waals surface area contributed by atoms with Crippen LogP contribution in [-0.2, 0) is 9.47 Å². The lowest BCUT2D eigenvalue weighted by atomic mass is 9.97. The second-order valence-electron chi connectivity index (χ2n) is 6.67. The Balaban J connectivity index is 2.29. The summed E-state index contributed by atoms with van der Waals surface area (Å²) in [6, 6.07) is 3.36. The number of amides is 1. The van der Waals surface area contributed by atoms with Crippen LogP contribution in [-0.4, -0.2) is 54.4 Å². The number of ether oxygens (including phenoxy) is 2. The highest BCUT2D eigenvalue weighted by Crippen LogP contribution is 2.29. The first-order valence-corrected chi connectivity index (χ1v) is 8.93. The molecule has 0 spiro atoms. The molecule has 1 fully saturated rings. The molecule has 0 aromatic carbocycles. The van der Waals surface area contributed by atoms with E-state index in [4.69, 9.17) is 21.1 Å². The summed E-state index contributed by atoms with van der Waals surface area (Å²) < 4.78 is 11.5. The molecule has 2 heterocycles. The summed E-state index contributed by atoms with van der Waals surface area (Å²) in [6.45, 7) is 7.16. The van der Waals surface area contributed by atoms with Crippen molar-refractivity contribution in [2.24, 2.45) is 0 Å². The number of aromatic nitrogens is 1. The molecular weight excluding hydrogens is 398 g/mol. The van der Waals surface area contributed by atoms with E-state index in [0.29, 0.717) is 29.5 Å². The van der Waals surface area contributed by atoms with Crippen LogP contribution in [0.3, 0.4) is 0 Å². The third-order valence-electron chi connectivity index (χ3n) is 3.61. The average molecular weight is 421 g/mol. The Hall–Kier alpha value is -0.890. The number of piperazine rings is 1. The molecule has 1 aliphatic heterocycles. The Kier molecular flexibility index (Phi) is 6.47. The van der Waals surface area contributed by atoms with Gasteiger partial charge in [0.15, 0.2) is 0 Å². The van der Waals surface area contributed by atoms with E-state index in [1.165, 1.54) is 0 Å². The van der Waals surface area contributed by atoms with Gasteiger partial charge in [0.05, 0.1) is 18.7 Å². The van der Waals surface area contributed by atoms with Crippen molar-refractivity contribution >= 4 is 33.6 Å². The number of halogens is 2. The molecule has 0 radical (unpaired) electrons. The van der Waals surface area contributed by atoms with Crippen LogP contribution in [0, 0.1) is 0 Å². The number of nitrogens with zero attached hydrogens (tertiary/aromatic N) is 2. The highest BCUT2D eigenvalue weighted by molar-refractivity contribution is 9.10. The van der Waals surface area contributed by atoms with Gasteiger partial charge >= 0.3 is 6.09 Å². The Morgan fingerprint density at radius 1 is 1.50 bits per heavy atom. The van der Waals surface area contributed by atoms with E-state index in [2.05, 4.69) is 26.2 Å². The Labute approximate surface area is 156 Å². The highest BCUT2D eigenvalue weighted by Gasteiger charge is 2.37. The van der Waals surface area contributed by atoms with Crippen LogP contribution in [0.15, 0.2) is 16.7 Å². The molecule has 1 aromatic rings. The molecule has 8 heteroatoms. The molecule has 2 rings (SSSR count). The van der Waals surface area contributed by atoms with Gasteiger partial charge < -0.3 is 14.8 Å². The standard InChI is InChI=1S/C16H23BrClN3O3/c1-16(2,3)24-15(22)21-6-5-19-14(11(21)9-23-4)10-7-12(17)20-13(18)8-10/h7-8,11,14,19H,5-6,9H2,1-4H3/t11-,14+/m0/s1. The number of carbonyl (C=O) groups is 1. The van der Waals surface area contributed by atoms with E-state index in [9.17, 15) is 4.79 Å². The molecule has 134 valence electrons. The van der Waals surface area contributed by atoms with Crippen molar-refractivity contribution in [3.63, 3.8) is 0 Å². The molecule has 0 bridgehead atoms. The topological polar surface area (TPSA) is 63.7 Å². The zero-order valence-electron chi connectivity index (χ0n) is 14.3. The first-order valence-electron chi connectivity index (χ1n) is 7.76. The molecule has 0 unspecified atom stereocenters. The van der Waals surface area contributed by atoms with Crippen LogP contribution in [0.2, 0.25) is 5.15 Å². The quantitative estimate of drug-likeness (QED) is 0.759. The van der Waals surface area contributed by atoms with E-state index < -0.39 is 5.60 Å². The average Bonchev–Trinajstić information content (AvgIpc) is 2.44. The van der Waals surface area contributed by atoms with E-state index >= 15 is 0 Å². The summed E-state index contributed by atoms with van der Waals surface area (Å²) in [5, 5.41) is 3.83. The van der Waals surface area contributed by atoms with Gasteiger partial charge in [-0.2, -0.15) is 0 Å². The third kappa shape index (κ3) is 5.05. The Morgan fingerprint density at radius 3 is 2.79 bits per heavy atom. The lowest BCUT2D eigenvalue weighted by Crippen LogP contribution is -2.57. The van der Waals surface area contributed by atoms with Crippen LogP contribution in [0.5, 0.6) is 0 Å². The lowest BCUT2D eigenvalue weighted by Gasteiger charge is -2.42. The lowest BCUT2D eigenvalue weighted by molar-refractivity contribution is -0.00877. The number of pyridine rings is 1. The van der Waals surface area contributed by atoms with Gasteiger partial charge in [0, 0.05) is 20.2 Å². The van der Waals surface area contributed by atoms with E-state index in [1.807, 2.05) is 26.8 Å². The minimum absolute atomic E-state index is 0.122. The molecule has 1 amide bonds. The number of methoxy groups -OCH3 is 1. The second kappa shape index (κ2) is 7.99. The number of hydrogen-bond acceptors (Lipinski definition) is 5. The van der Waals surface area contributed by atoms with Gasteiger partial charge in [0.25, 0.3) is 0 Å². The van der Waals surface area contributed by atoms with Gasteiger partial charge in [-0.15, -0.1) is 0 Å². The maximum atomic E-state index is 12.6. The maximum absolute atomic E-state index is 12.6. The first-order chi connectivity index (χ1) is 11.2. The summed E-state index contributed by atoms with van der Waals surface area (Å²) in [7, 11) is 1.62. The van der Waals surface area contributed by atoms with Gasteiger partial charge in [-0.25, -0.2) is 9.78 Å². The van der Waals surface area contributed by atoms with Crippen molar-refractivity contribution in [3.8, 4) is 0 Å². The minimum Gasteiger partial charge on any atom is -0.444 e. The van der Waals surface area contributed by atoms with Crippen molar-refractivity contribution in [1.29, 1.82) is 0 Å². The smallest absolute Gasteiger partial charge is 0.410 e. The van der Waals surface area contributed by atoms with Gasteiger partial charge in [0.2, 0.25) is 0 Å². The summed E-state index contributed by atoms with van der Waals surface area (Å²) in [5.74, 6) is 0. The number of rotatable bonds is 3. The van der Waals surface area contributed by atoms with Crippen molar-refractivity contribution in [1.82, 2.24) is 15.2 Å². The maximum Gasteiger partial charge on any atom is 0.410 e. The van der Waals surface area contributed by atoms with Gasteiger partial charge in [-0.3, -0.25) is 4.90 Å². The predicted molar refractivity (Wildman–Crippen MR) is 96.3 cm³/mol. The first kappa shape index (κ1) is 19.4. The summed E-state index contributed by atoms with van der Waals surface area (Å²) >= 11 is 9.44. The molecule has 1 N–H and O–H groups in total. The monoisotopic (exact) mass is 419 g/mol. The van der Waals surface area contributed by atoms with Crippen LogP contribution in [0.25, 0.3) is 0 Å². The fourth-order valence-corrected chi connectivity index (χ4v) is 3.50. The van der Waals surface area contributed by atoms with Gasteiger partial charge in [-0.1, -0.05) is 11.6 Å². The van der Waals surface area contributed by atoms with Crippen molar-refractivity contribution in [2.75, 3.05) is 26.8 Å². The zero-order chi connectivity index (χ0) is 17.9. The predicted octanol–water partition coefficient (Wildman–Crippen LogP) is 3.39. The fourth-order valence-electron chi connectivity index (χ4n) is 2.73. The van der Waals surface area contributed by atoms with Crippen LogP contribution < -0.4 is 5.32 Å². The van der Waals surface area contributed by atoms with Crippen molar-refractivity contribution < 1.29 is 14.3 Å². The molecule has 1 aliphatic rings. The zero-order valence-corrected chi connectivity index (χ0v) is 16.6. The summed E-state index contributed by atoms with van der Waals surface area (Å²) in [6.07, 6.45) is -0.338. The molecule has 1 saturated heterocycles. The highest BCUT2D eigenvalue weighted by atomic mass is 79.9. The normalized spacial score (nSPS) is 21.7. The number of hydrogen-bond donors (Lipinski definition) is 1. The van der Waals surface area contributed by atoms with Crippen LogP contribution in [0.1, 0.15) is 32.4 Å². The Morgan fingerprint density at radius 2 is 2.21 bits per heavy atom. The largest absolute Gasteiger partial charge is 0.444 e. The minimum atomic E-state index is -0.544. The molecule has 0 aliphatic carbocycles. The molecule has 6 nitrogen and oxygen atoms in total. The molecule has 2 atom stereocenters. The van der Waals surface area contributed by atoms with E-state index in [0.717, 1.165) is 5.56 Å². The van der Waals surface area contributed by atoms with Crippen molar-refractivity contribution in [2.45, 2.75) is 38.5 Å². The van der Waals surface area contributed by atoms with Gasteiger partial charge in [-0.05, 0) is 54.4 Å². The molecular formula is C16H23BrClN3O3. The Bertz CT molecular complexity index is 574. The van der Waals surface area contributed by atoms with Gasteiger partial charge in [0.1, 0.15) is 15.4 Å². The molecule has 0 saturated carbocycles. The molecule has 1 aromatic heterocycles. The SMILES string of the molecule is COC[C@H]1[C@@H](c2cc(Cl)nc(Br)c2)NCCN1C(=O)OC(C)(C)C. The third-order valence-corrected chi connectivity index (χ3v) is 4.21. The fraction of sp³-hybridized carbons (Fsp3) is 0.625. The van der Waals surface area contributed by atoms with Crippen LogP contribution >= 0.6 is 27.5 Å². The number of carbonyl (C=O) groups excluding carboxylic acids is 1. The number of nitrogens with one attached hydrogen (secondary N) is 1. The summed E-state index contributed by atoms with van der Waals surface area (Å²) in [4.78, 5) is 18.4. The molecule has 24 heavy (non-hydrogen) atoms. The van der Waals surface area contributed by atoms with Crippen LogP contribution in [0.4, 0.5) is 4.79 Å². The van der Waals surface area contributed by atoms with Crippen molar-refractivity contribution in [3.05, 3.63) is 27.5 Å².